The van der Waals surface area contributed by atoms with Gasteiger partial charge < -0.3 is 0 Å². The van der Waals surface area contributed by atoms with Gasteiger partial charge in [-0.2, -0.15) is 0 Å². The largest absolute Gasteiger partial charge is 0 e. The van der Waals surface area contributed by atoms with Crippen LogP contribution in [0.5, 0.6) is 0 Å². The molecule has 0 N–H and O–H groups in total. The first kappa shape index (κ1) is 24.1. The Balaban J connectivity index is 0. The first-order valence-corrected chi connectivity index (χ1v) is 0. The predicted octanol–water partition coefficient (Wildman–Crippen LogP) is -1.14. The van der Waals surface area contributed by atoms with E-state index in [1.165, 1.54) is 0 Å². The molecular weight excluding hydrogens is 335 g/mol. The Morgan fingerprint density at radius 2 is 1.00 bits per heavy atom. The van der Waals surface area contributed by atoms with E-state index in [1.54, 1.807) is 0 Å². The van der Waals surface area contributed by atoms with Gasteiger partial charge in [-0.25, -0.2) is 0 Å². The van der Waals surface area contributed by atoms with Crippen LogP contribution < -0.4 is 0 Å². The van der Waals surface area contributed by atoms with Crippen molar-refractivity contribution in [1.29, 1.82) is 0 Å². The SMILES string of the molecule is [K].[Na].[Pb].[Zn]. The molecule has 0 atom stereocenters. The van der Waals surface area contributed by atoms with Gasteiger partial charge in [0.1, 0.15) is 0 Å². The van der Waals surface area contributed by atoms with Crippen LogP contribution in [0.15, 0.2) is 0 Å². The van der Waals surface area contributed by atoms with E-state index in [1.807, 2.05) is 0 Å². The molecule has 0 saturated carbocycles. The molecule has 0 aromatic carbocycles. The van der Waals surface area contributed by atoms with Gasteiger partial charge in [0.05, 0.1) is 0 Å². The van der Waals surface area contributed by atoms with E-state index >= 15 is 0 Å². The Bertz CT molecular complexity index is 8.00. The van der Waals surface area contributed by atoms with Crippen molar-refractivity contribution >= 4 is 108 Å². The first-order chi connectivity index (χ1) is 0. The van der Waals surface area contributed by atoms with Crippen molar-refractivity contribution in [2.45, 2.75) is 0 Å². The summed E-state index contributed by atoms with van der Waals surface area (Å²) >= 11 is 0. The fourth-order valence-electron chi connectivity index (χ4n) is 0. The predicted molar refractivity (Wildman–Crippen MR) is 17.3 cm³/mol. The fourth-order valence-corrected chi connectivity index (χ4v) is 0. The summed E-state index contributed by atoms with van der Waals surface area (Å²) < 4.78 is 0. The van der Waals surface area contributed by atoms with Crippen molar-refractivity contribution in [2.24, 2.45) is 0 Å². The molecule has 0 heterocycles. The van der Waals surface area contributed by atoms with E-state index in [2.05, 4.69) is 0 Å². The van der Waals surface area contributed by atoms with E-state index in [0.29, 0.717) is 0 Å². The standard InChI is InChI=1S/K.Na.Pb.Zn. The number of rotatable bonds is 0. The Hall–Kier alpha value is 4.18. The van der Waals surface area contributed by atoms with E-state index < -0.39 is 0 Å². The van der Waals surface area contributed by atoms with Crippen LogP contribution >= 0.6 is 0 Å². The molecule has 0 rings (SSSR count). The van der Waals surface area contributed by atoms with Crippen LogP contribution in [0.3, 0.4) is 0 Å². The summed E-state index contributed by atoms with van der Waals surface area (Å²) in [4.78, 5) is 0. The second-order valence-corrected chi connectivity index (χ2v) is 0. The second kappa shape index (κ2) is 15.7. The average molecular weight is 335 g/mol. The zero-order valence-corrected chi connectivity index (χ0v) is 15.2. The molecule has 0 bridgehead atoms. The molecule has 0 nitrogen and oxygen atoms in total. The van der Waals surface area contributed by atoms with E-state index in [0.717, 1.165) is 0 Å². The third-order valence-corrected chi connectivity index (χ3v) is 0. The maximum Gasteiger partial charge on any atom is 0 e. The molecule has 0 unspecified atom stereocenters. The smallest absolute Gasteiger partial charge is 0 e. The van der Waals surface area contributed by atoms with Crippen LogP contribution in [-0.4, -0.2) is 108 Å². The minimum atomic E-state index is 0. The van der Waals surface area contributed by atoms with Crippen LogP contribution in [0.25, 0.3) is 0 Å². The molecule has 0 aromatic rings. The van der Waals surface area contributed by atoms with Gasteiger partial charge in [-0.3, -0.25) is 0 Å². The minimum Gasteiger partial charge on any atom is 0 e. The van der Waals surface area contributed by atoms with E-state index in [-0.39, 0.29) is 128 Å². The monoisotopic (exact) mass is 334 g/mol. The summed E-state index contributed by atoms with van der Waals surface area (Å²) in [5.74, 6) is 0. The molecule has 6 radical (unpaired) electrons. The Kier molecular flexibility index (Phi) is 94.7. The zero-order valence-electron chi connectivity index (χ0n) is 3.21. The molecule has 0 amide bonds. The van der Waals surface area contributed by atoms with Gasteiger partial charge >= 0.3 is 0 Å². The summed E-state index contributed by atoms with van der Waals surface area (Å²) in [6.07, 6.45) is 0. The van der Waals surface area contributed by atoms with Gasteiger partial charge in [-0.15, -0.1) is 0 Å². The quantitative estimate of drug-likeness (QED) is 0.491. The topological polar surface area (TPSA) is 0 Å². The average Bonchev–Trinajstić information content (AvgIpc) is 0. The molecule has 0 aromatic heterocycles. The van der Waals surface area contributed by atoms with Gasteiger partial charge in [0.25, 0.3) is 0 Å². The molecular formula is KNaPbZn. The molecule has 8 valence electrons. The molecule has 0 fully saturated rings. The van der Waals surface area contributed by atoms with E-state index in [9.17, 15) is 0 Å². The van der Waals surface area contributed by atoms with Crippen molar-refractivity contribution in [2.75, 3.05) is 0 Å². The fraction of sp³-hybridized carbons (Fsp3) is 0. The van der Waals surface area contributed by atoms with Gasteiger partial charge in [0.2, 0.25) is 0 Å². The van der Waals surface area contributed by atoms with Crippen LogP contribution in [0.2, 0.25) is 0 Å². The molecule has 0 aliphatic heterocycles. The van der Waals surface area contributed by atoms with Crippen molar-refractivity contribution in [3.05, 3.63) is 0 Å². The summed E-state index contributed by atoms with van der Waals surface area (Å²) in [7, 11) is 0. The normalized spacial score (nSPS) is 0. The molecule has 4 heteroatoms. The Morgan fingerprint density at radius 1 is 1.00 bits per heavy atom. The van der Waals surface area contributed by atoms with Crippen molar-refractivity contribution < 1.29 is 19.5 Å². The molecule has 0 aliphatic carbocycles. The van der Waals surface area contributed by atoms with Crippen LogP contribution in [0, 0.1) is 0 Å². The maximum atomic E-state index is 0. The summed E-state index contributed by atoms with van der Waals surface area (Å²) in [6.45, 7) is 0. The number of hydrogen-bond donors (Lipinski definition) is 0. The van der Waals surface area contributed by atoms with Crippen molar-refractivity contribution in [3.63, 3.8) is 0 Å². The van der Waals surface area contributed by atoms with Crippen LogP contribution in [-0.2, 0) is 19.5 Å². The first-order valence-electron chi connectivity index (χ1n) is 0. The molecule has 0 saturated heterocycles. The summed E-state index contributed by atoms with van der Waals surface area (Å²) in [5.41, 5.74) is 0. The zero-order chi connectivity index (χ0) is 0. The molecule has 0 spiro atoms. The van der Waals surface area contributed by atoms with Gasteiger partial charge in [0, 0.05) is 128 Å². The third-order valence-electron chi connectivity index (χ3n) is 0. The third kappa shape index (κ3) is 9.49. The number of hydrogen-bond acceptors (Lipinski definition) is 0. The summed E-state index contributed by atoms with van der Waals surface area (Å²) in [5, 5.41) is 0. The van der Waals surface area contributed by atoms with E-state index in [4.69, 9.17) is 0 Å². The summed E-state index contributed by atoms with van der Waals surface area (Å²) in [6, 6.07) is 0. The second-order valence-electron chi connectivity index (χ2n) is 0. The van der Waals surface area contributed by atoms with Crippen LogP contribution in [0.4, 0.5) is 0 Å². The van der Waals surface area contributed by atoms with Crippen LogP contribution in [0.1, 0.15) is 0 Å². The minimum absolute atomic E-state index is 0. The Morgan fingerprint density at radius 3 is 1.00 bits per heavy atom. The molecule has 0 aliphatic rings. The van der Waals surface area contributed by atoms with Gasteiger partial charge in [-0.1, -0.05) is 0 Å². The maximum absolute atomic E-state index is 0. The molecule has 4 heavy (non-hydrogen) atoms. The van der Waals surface area contributed by atoms with Crippen molar-refractivity contribution in [3.8, 4) is 0 Å². The Labute approximate surface area is 124 Å². The van der Waals surface area contributed by atoms with Gasteiger partial charge in [-0.05, 0) is 0 Å². The van der Waals surface area contributed by atoms with Crippen molar-refractivity contribution in [1.82, 2.24) is 0 Å². The van der Waals surface area contributed by atoms with Gasteiger partial charge in [0.15, 0.2) is 0 Å².